The van der Waals surface area contributed by atoms with Gasteiger partial charge in [0, 0.05) is 0 Å². The van der Waals surface area contributed by atoms with Gasteiger partial charge in [-0.25, -0.2) is 0 Å². The van der Waals surface area contributed by atoms with Gasteiger partial charge in [0.2, 0.25) is 0 Å². The monoisotopic (exact) mass is 190 g/mol. The molecule has 0 spiro atoms. The van der Waals surface area contributed by atoms with Crippen molar-refractivity contribution in [2.75, 3.05) is 0 Å². The van der Waals surface area contributed by atoms with Crippen LogP contribution in [0.25, 0.3) is 0 Å². The number of rotatable bonds is 5. The third-order valence-electron chi connectivity index (χ3n) is 1.87. The van der Waals surface area contributed by atoms with Gasteiger partial charge in [-0.05, 0) is 32.4 Å². The summed E-state index contributed by atoms with van der Waals surface area (Å²) in [6.07, 6.45) is 9.91. The lowest BCUT2D eigenvalue weighted by atomic mass is 10.1. The van der Waals surface area contributed by atoms with Gasteiger partial charge in [-0.2, -0.15) is 0 Å². The van der Waals surface area contributed by atoms with Crippen LogP contribution < -0.4 is 0 Å². The van der Waals surface area contributed by atoms with Crippen LogP contribution >= 0.6 is 0 Å². The molecule has 76 valence electrons. The third-order valence-corrected chi connectivity index (χ3v) is 1.87. The van der Waals surface area contributed by atoms with Gasteiger partial charge in [0.15, 0.2) is 0 Å². The molecule has 0 fully saturated rings. The van der Waals surface area contributed by atoms with E-state index in [1.54, 1.807) is 18.2 Å². The molecule has 2 N–H and O–H groups in total. The average molecular weight is 190 g/mol. The molecule has 0 aliphatic rings. The Morgan fingerprint density at radius 2 is 1.57 bits per heavy atom. The Balaban J connectivity index is 4.39. The molecule has 2 heteroatoms. The van der Waals surface area contributed by atoms with Gasteiger partial charge in [0.05, 0.1) is 11.4 Å². The average Bonchev–Trinajstić information content (AvgIpc) is 2.19. The van der Waals surface area contributed by atoms with Gasteiger partial charge in [0.25, 0.3) is 0 Å². The fraction of sp³-hybridized carbons (Fsp3) is 0.333. The molecular formula is C12H18N2. The Morgan fingerprint density at radius 1 is 1.00 bits per heavy atom. The largest absolute Gasteiger partial charge is 0.299 e. The Hall–Kier alpha value is -1.44. The van der Waals surface area contributed by atoms with Crippen molar-refractivity contribution in [2.24, 2.45) is 0 Å². The fourth-order valence-corrected chi connectivity index (χ4v) is 0.955. The van der Waals surface area contributed by atoms with E-state index >= 15 is 0 Å². The second kappa shape index (κ2) is 7.01. The van der Waals surface area contributed by atoms with Crippen LogP contribution in [0.4, 0.5) is 0 Å². The molecule has 0 aliphatic carbocycles. The van der Waals surface area contributed by atoms with Crippen LogP contribution in [0.15, 0.2) is 36.0 Å². The fourth-order valence-electron chi connectivity index (χ4n) is 0.955. The Labute approximate surface area is 86.1 Å². The van der Waals surface area contributed by atoms with Gasteiger partial charge < -0.3 is 0 Å². The van der Waals surface area contributed by atoms with E-state index in [9.17, 15) is 0 Å². The maximum Gasteiger partial charge on any atom is 0.0789 e. The van der Waals surface area contributed by atoms with E-state index in [1.807, 2.05) is 26.0 Å². The number of hydrogen-bond donors (Lipinski definition) is 2. The predicted octanol–water partition coefficient (Wildman–Crippen LogP) is 3.51. The molecule has 0 saturated carbocycles. The second-order valence-corrected chi connectivity index (χ2v) is 2.88. The predicted molar refractivity (Wildman–Crippen MR) is 63.5 cm³/mol. The zero-order valence-corrected chi connectivity index (χ0v) is 9.09. The van der Waals surface area contributed by atoms with Crippen molar-refractivity contribution in [3.63, 3.8) is 0 Å². The van der Waals surface area contributed by atoms with Crippen molar-refractivity contribution in [2.45, 2.75) is 27.2 Å². The molecule has 0 bridgehead atoms. The summed E-state index contributed by atoms with van der Waals surface area (Å²) >= 11 is 0. The highest BCUT2D eigenvalue weighted by molar-refractivity contribution is 6.48. The summed E-state index contributed by atoms with van der Waals surface area (Å²) in [4.78, 5) is 0. The molecule has 0 unspecified atom stereocenters. The lowest BCUT2D eigenvalue weighted by Gasteiger charge is -1.96. The van der Waals surface area contributed by atoms with Gasteiger partial charge in [0.1, 0.15) is 0 Å². The molecule has 0 aromatic carbocycles. The normalized spacial score (nSPS) is 12.6. The Morgan fingerprint density at radius 3 is 2.00 bits per heavy atom. The topological polar surface area (TPSA) is 47.7 Å². The molecule has 0 radical (unpaired) electrons. The summed E-state index contributed by atoms with van der Waals surface area (Å²) in [5.74, 6) is 0. The molecule has 0 saturated heterocycles. The van der Waals surface area contributed by atoms with Crippen LogP contribution in [0.2, 0.25) is 0 Å². The van der Waals surface area contributed by atoms with E-state index in [4.69, 9.17) is 10.8 Å². The summed E-state index contributed by atoms with van der Waals surface area (Å²) in [7, 11) is 0. The molecule has 14 heavy (non-hydrogen) atoms. The molecule has 0 heterocycles. The SMILES string of the molecule is C/C=C\C(=N)C(=N)/C=C\C(=C/C)CC. The summed E-state index contributed by atoms with van der Waals surface area (Å²) < 4.78 is 0. The van der Waals surface area contributed by atoms with Crippen molar-refractivity contribution in [1.82, 2.24) is 0 Å². The Kier molecular flexibility index (Phi) is 6.29. The number of nitrogens with one attached hydrogen (secondary N) is 2. The van der Waals surface area contributed by atoms with Crippen LogP contribution in [-0.2, 0) is 0 Å². The quantitative estimate of drug-likeness (QED) is 0.492. The van der Waals surface area contributed by atoms with Crippen molar-refractivity contribution in [1.29, 1.82) is 10.8 Å². The second-order valence-electron chi connectivity index (χ2n) is 2.88. The summed E-state index contributed by atoms with van der Waals surface area (Å²) in [5, 5.41) is 15.0. The third kappa shape index (κ3) is 4.55. The number of allylic oxidation sites excluding steroid dienone is 6. The maximum absolute atomic E-state index is 7.55. The van der Waals surface area contributed by atoms with E-state index in [-0.39, 0.29) is 11.4 Å². The van der Waals surface area contributed by atoms with Gasteiger partial charge in [-0.3, -0.25) is 10.8 Å². The van der Waals surface area contributed by atoms with Crippen molar-refractivity contribution >= 4 is 11.4 Å². The van der Waals surface area contributed by atoms with Crippen molar-refractivity contribution in [3.05, 3.63) is 36.0 Å². The molecule has 0 aromatic rings. The number of hydrogen-bond acceptors (Lipinski definition) is 2. The first-order valence-electron chi connectivity index (χ1n) is 4.79. The lowest BCUT2D eigenvalue weighted by Crippen LogP contribution is -2.04. The first kappa shape index (κ1) is 12.6. The molecule has 0 rings (SSSR count). The molecule has 0 atom stereocenters. The molecule has 0 aromatic heterocycles. The summed E-state index contributed by atoms with van der Waals surface area (Å²) in [6.45, 7) is 5.89. The molecule has 0 aliphatic heterocycles. The molecule has 2 nitrogen and oxygen atoms in total. The van der Waals surface area contributed by atoms with Gasteiger partial charge in [-0.1, -0.05) is 30.7 Å². The van der Waals surface area contributed by atoms with E-state index < -0.39 is 0 Å². The minimum Gasteiger partial charge on any atom is -0.299 e. The minimum absolute atomic E-state index is 0.246. The van der Waals surface area contributed by atoms with E-state index in [1.165, 1.54) is 5.57 Å². The standard InChI is InChI=1S/C12H18N2/c1-4-7-11(13)12(14)9-8-10(5-2)6-3/h4-5,7-9,13-14H,6H2,1-3H3/b7-4-,9-8-,10-5-,13-11?,14-12?. The van der Waals surface area contributed by atoms with Crippen LogP contribution in [0, 0.1) is 10.8 Å². The maximum atomic E-state index is 7.55. The van der Waals surface area contributed by atoms with Crippen LogP contribution in [0.5, 0.6) is 0 Å². The molecule has 0 amide bonds. The zero-order valence-electron chi connectivity index (χ0n) is 9.09. The van der Waals surface area contributed by atoms with Crippen molar-refractivity contribution in [3.8, 4) is 0 Å². The van der Waals surface area contributed by atoms with Gasteiger partial charge >= 0.3 is 0 Å². The highest BCUT2D eigenvalue weighted by atomic mass is 14.5. The summed E-state index contributed by atoms with van der Waals surface area (Å²) in [5.41, 5.74) is 1.68. The van der Waals surface area contributed by atoms with Crippen LogP contribution in [0.3, 0.4) is 0 Å². The first-order valence-corrected chi connectivity index (χ1v) is 4.79. The van der Waals surface area contributed by atoms with Crippen molar-refractivity contribution < 1.29 is 0 Å². The highest BCUT2D eigenvalue weighted by Crippen LogP contribution is 2.01. The van der Waals surface area contributed by atoms with E-state index in [0.717, 1.165) is 6.42 Å². The minimum atomic E-state index is 0.246. The van der Waals surface area contributed by atoms with Crippen LogP contribution in [-0.4, -0.2) is 11.4 Å². The Bertz CT molecular complexity index is 293. The van der Waals surface area contributed by atoms with Gasteiger partial charge in [-0.15, -0.1) is 0 Å². The van der Waals surface area contributed by atoms with Crippen LogP contribution in [0.1, 0.15) is 27.2 Å². The van der Waals surface area contributed by atoms with E-state index in [0.29, 0.717) is 0 Å². The first-order chi connectivity index (χ1) is 6.65. The van der Waals surface area contributed by atoms with E-state index in [2.05, 4.69) is 6.92 Å². The lowest BCUT2D eigenvalue weighted by molar-refractivity contribution is 1.14. The smallest absolute Gasteiger partial charge is 0.0789 e. The summed E-state index contributed by atoms with van der Waals surface area (Å²) in [6, 6.07) is 0. The molecular weight excluding hydrogens is 172 g/mol. The zero-order chi connectivity index (χ0) is 11.0. The highest BCUT2D eigenvalue weighted by Gasteiger charge is 1.95.